The summed E-state index contributed by atoms with van der Waals surface area (Å²) in [6, 6.07) is 5.67. The lowest BCUT2D eigenvalue weighted by Gasteiger charge is -2.10. The predicted octanol–water partition coefficient (Wildman–Crippen LogP) is 1.36. The van der Waals surface area contributed by atoms with Gasteiger partial charge in [-0.3, -0.25) is 4.79 Å². The Kier molecular flexibility index (Phi) is 4.16. The van der Waals surface area contributed by atoms with Gasteiger partial charge in [-0.2, -0.15) is 0 Å². The number of benzene rings is 1. The number of carbonyl (C=O) groups excluding carboxylic acids is 1. The average molecular weight is 261 g/mol. The van der Waals surface area contributed by atoms with Crippen LogP contribution in [-0.2, 0) is 11.2 Å². The second-order valence-electron chi connectivity index (χ2n) is 4.86. The van der Waals surface area contributed by atoms with E-state index in [1.54, 1.807) is 0 Å². The maximum Gasteiger partial charge on any atom is 0.224 e. The van der Waals surface area contributed by atoms with Crippen LogP contribution in [0.2, 0.25) is 0 Å². The molecule has 0 aliphatic carbocycles. The molecule has 19 heavy (non-hydrogen) atoms. The van der Waals surface area contributed by atoms with Crippen molar-refractivity contribution in [2.24, 2.45) is 0 Å². The number of fused-ring (bicyclic) bond motifs is 1. The lowest BCUT2D eigenvalue weighted by atomic mass is 10.1. The van der Waals surface area contributed by atoms with Crippen molar-refractivity contribution >= 4 is 17.0 Å². The van der Waals surface area contributed by atoms with Crippen LogP contribution < -0.4 is 5.32 Å². The molecule has 5 heteroatoms. The Labute approximate surface area is 112 Å². The van der Waals surface area contributed by atoms with E-state index in [1.165, 1.54) is 0 Å². The number of amides is 1. The third-order valence-electron chi connectivity index (χ3n) is 2.81. The third kappa shape index (κ3) is 3.79. The van der Waals surface area contributed by atoms with E-state index >= 15 is 0 Å². The number of carbonyl (C=O) groups is 1. The molecule has 0 aliphatic rings. The highest BCUT2D eigenvalue weighted by Crippen LogP contribution is 2.17. The van der Waals surface area contributed by atoms with Crippen LogP contribution in [0.25, 0.3) is 11.1 Å². The van der Waals surface area contributed by atoms with Crippen LogP contribution in [0, 0.1) is 6.92 Å². The first kappa shape index (κ1) is 13.5. The summed E-state index contributed by atoms with van der Waals surface area (Å²) < 4.78 is 5.45. The molecule has 0 bridgehead atoms. The number of hydrogen-bond donors (Lipinski definition) is 1. The quantitative estimate of drug-likeness (QED) is 0.883. The molecule has 2 aromatic rings. The number of aryl methyl sites for hydroxylation is 1. The first-order chi connectivity index (χ1) is 9.04. The van der Waals surface area contributed by atoms with E-state index in [2.05, 4.69) is 10.3 Å². The molecule has 0 unspecified atom stereocenters. The Hall–Kier alpha value is -1.88. The van der Waals surface area contributed by atoms with Crippen LogP contribution in [0.1, 0.15) is 11.5 Å². The molecular formula is C14H19N3O2. The first-order valence-electron chi connectivity index (χ1n) is 6.32. The van der Waals surface area contributed by atoms with Crippen LogP contribution >= 0.6 is 0 Å². The molecule has 0 saturated carbocycles. The zero-order valence-corrected chi connectivity index (χ0v) is 11.6. The van der Waals surface area contributed by atoms with Crippen LogP contribution in [-0.4, -0.2) is 43.0 Å². The van der Waals surface area contributed by atoms with Crippen molar-refractivity contribution in [3.05, 3.63) is 29.7 Å². The fourth-order valence-electron chi connectivity index (χ4n) is 1.86. The highest BCUT2D eigenvalue weighted by atomic mass is 16.3. The van der Waals surface area contributed by atoms with E-state index in [4.69, 9.17) is 4.42 Å². The molecule has 0 radical (unpaired) electrons. The van der Waals surface area contributed by atoms with Crippen LogP contribution in [0.4, 0.5) is 0 Å². The van der Waals surface area contributed by atoms with Crippen molar-refractivity contribution in [3.8, 4) is 0 Å². The largest absolute Gasteiger partial charge is 0.441 e. The lowest BCUT2D eigenvalue weighted by molar-refractivity contribution is -0.120. The van der Waals surface area contributed by atoms with Gasteiger partial charge in [0.15, 0.2) is 11.5 Å². The second kappa shape index (κ2) is 5.84. The fraction of sp³-hybridized carbons (Fsp3) is 0.429. The third-order valence-corrected chi connectivity index (χ3v) is 2.81. The number of rotatable bonds is 5. The van der Waals surface area contributed by atoms with Crippen molar-refractivity contribution in [1.82, 2.24) is 15.2 Å². The van der Waals surface area contributed by atoms with Gasteiger partial charge in [-0.15, -0.1) is 0 Å². The van der Waals surface area contributed by atoms with Crippen molar-refractivity contribution in [1.29, 1.82) is 0 Å². The molecule has 0 atom stereocenters. The summed E-state index contributed by atoms with van der Waals surface area (Å²) in [4.78, 5) is 18.0. The minimum atomic E-state index is 0.0254. The zero-order chi connectivity index (χ0) is 13.8. The smallest absolute Gasteiger partial charge is 0.224 e. The summed E-state index contributed by atoms with van der Waals surface area (Å²) in [7, 11) is 3.96. The number of nitrogens with zero attached hydrogens (tertiary/aromatic N) is 2. The standard InChI is InChI=1S/C14H19N3O2/c1-10-16-12-5-4-11(8-13(12)19-10)9-14(18)15-6-7-17(2)3/h4-5,8H,6-7,9H2,1-3H3,(H,15,18). The molecule has 0 spiro atoms. The van der Waals surface area contributed by atoms with Crippen LogP contribution in [0.15, 0.2) is 22.6 Å². The van der Waals surface area contributed by atoms with Gasteiger partial charge in [0.05, 0.1) is 6.42 Å². The Bertz CT molecular complexity index is 575. The summed E-state index contributed by atoms with van der Waals surface area (Å²) in [6.45, 7) is 3.31. The van der Waals surface area contributed by atoms with E-state index in [1.807, 2.05) is 44.1 Å². The highest BCUT2D eigenvalue weighted by molar-refractivity contribution is 5.81. The molecular weight excluding hydrogens is 242 g/mol. The first-order valence-corrected chi connectivity index (χ1v) is 6.32. The Balaban J connectivity index is 1.95. The maximum atomic E-state index is 11.8. The van der Waals surface area contributed by atoms with Gasteiger partial charge < -0.3 is 14.6 Å². The molecule has 0 fully saturated rings. The maximum absolute atomic E-state index is 11.8. The molecule has 0 saturated heterocycles. The summed E-state index contributed by atoms with van der Waals surface area (Å²) in [5.41, 5.74) is 2.50. The van der Waals surface area contributed by atoms with Crippen LogP contribution in [0.3, 0.4) is 0 Å². The highest BCUT2D eigenvalue weighted by Gasteiger charge is 2.07. The number of oxazole rings is 1. The average Bonchev–Trinajstić information content (AvgIpc) is 2.67. The molecule has 1 aromatic carbocycles. The van der Waals surface area contributed by atoms with Gasteiger partial charge in [0.2, 0.25) is 5.91 Å². The predicted molar refractivity (Wildman–Crippen MR) is 74.0 cm³/mol. The van der Waals surface area contributed by atoms with Gasteiger partial charge in [-0.25, -0.2) is 4.98 Å². The van der Waals surface area contributed by atoms with E-state index in [0.717, 1.165) is 23.2 Å². The second-order valence-corrected chi connectivity index (χ2v) is 4.86. The van der Waals surface area contributed by atoms with E-state index in [-0.39, 0.29) is 5.91 Å². The Morgan fingerprint density at radius 3 is 2.95 bits per heavy atom. The molecule has 0 aliphatic heterocycles. The van der Waals surface area contributed by atoms with Gasteiger partial charge in [-0.1, -0.05) is 6.07 Å². The normalized spacial score (nSPS) is 11.2. The number of hydrogen-bond acceptors (Lipinski definition) is 4. The van der Waals surface area contributed by atoms with E-state index in [9.17, 15) is 4.79 Å². The molecule has 1 aromatic heterocycles. The zero-order valence-electron chi connectivity index (χ0n) is 11.6. The van der Waals surface area contributed by atoms with Gasteiger partial charge in [0.1, 0.15) is 5.52 Å². The summed E-state index contributed by atoms with van der Waals surface area (Å²) in [5, 5.41) is 2.89. The van der Waals surface area contributed by atoms with Crippen molar-refractivity contribution in [3.63, 3.8) is 0 Å². The molecule has 2 rings (SSSR count). The monoisotopic (exact) mass is 261 g/mol. The molecule has 102 valence electrons. The van der Waals surface area contributed by atoms with Crippen molar-refractivity contribution in [2.45, 2.75) is 13.3 Å². The minimum Gasteiger partial charge on any atom is -0.441 e. The fourth-order valence-corrected chi connectivity index (χ4v) is 1.86. The summed E-state index contributed by atoms with van der Waals surface area (Å²) >= 11 is 0. The molecule has 1 N–H and O–H groups in total. The Morgan fingerprint density at radius 2 is 2.21 bits per heavy atom. The molecule has 1 amide bonds. The summed E-state index contributed by atoms with van der Waals surface area (Å²) in [6.07, 6.45) is 0.364. The topological polar surface area (TPSA) is 58.4 Å². The van der Waals surface area contributed by atoms with Crippen molar-refractivity contribution in [2.75, 3.05) is 27.2 Å². The van der Waals surface area contributed by atoms with Gasteiger partial charge in [-0.05, 0) is 31.8 Å². The summed E-state index contributed by atoms with van der Waals surface area (Å²) in [5.74, 6) is 0.667. The SMILES string of the molecule is Cc1nc2ccc(CC(=O)NCCN(C)C)cc2o1. The van der Waals surface area contributed by atoms with Crippen molar-refractivity contribution < 1.29 is 9.21 Å². The Morgan fingerprint density at radius 1 is 1.42 bits per heavy atom. The number of nitrogens with one attached hydrogen (secondary N) is 1. The number of likely N-dealkylation sites (N-methyl/N-ethyl adjacent to an activating group) is 1. The lowest BCUT2D eigenvalue weighted by Crippen LogP contribution is -2.32. The molecule has 1 heterocycles. The van der Waals surface area contributed by atoms with Gasteiger partial charge >= 0.3 is 0 Å². The van der Waals surface area contributed by atoms with E-state index in [0.29, 0.717) is 18.9 Å². The minimum absolute atomic E-state index is 0.0254. The van der Waals surface area contributed by atoms with E-state index < -0.39 is 0 Å². The van der Waals surface area contributed by atoms with Gasteiger partial charge in [0.25, 0.3) is 0 Å². The van der Waals surface area contributed by atoms with Gasteiger partial charge in [0, 0.05) is 20.0 Å². The van der Waals surface area contributed by atoms with Crippen LogP contribution in [0.5, 0.6) is 0 Å². The molecule has 5 nitrogen and oxygen atoms in total. The number of aromatic nitrogens is 1.